The summed E-state index contributed by atoms with van der Waals surface area (Å²) in [4.78, 5) is 19.5. The smallest absolute Gasteiger partial charge is 0.302 e. The van der Waals surface area contributed by atoms with Crippen LogP contribution in [0.25, 0.3) is 0 Å². The van der Waals surface area contributed by atoms with Crippen molar-refractivity contribution >= 4 is 7.82 Å². The van der Waals surface area contributed by atoms with Crippen LogP contribution in [-0.4, -0.2) is 30.8 Å². The SMILES string of the molecule is CCCCCCCCOP(=O)(O)OCCCCOOOOC1CCCCC1. The average molecular weight is 412 g/mol. The lowest BCUT2D eigenvalue weighted by Crippen LogP contribution is -2.17. The van der Waals surface area contributed by atoms with Crippen molar-refractivity contribution < 1.29 is 38.4 Å². The summed E-state index contributed by atoms with van der Waals surface area (Å²) in [5, 5.41) is 9.05. The number of phosphoric ester groups is 1. The first-order valence-electron chi connectivity index (χ1n) is 10.4. The van der Waals surface area contributed by atoms with Crippen molar-refractivity contribution in [3.05, 3.63) is 0 Å². The lowest BCUT2D eigenvalue weighted by Gasteiger charge is -2.18. The van der Waals surface area contributed by atoms with Crippen LogP contribution >= 0.6 is 7.82 Å². The normalized spacial score (nSPS) is 17.9. The fraction of sp³-hybridized carbons (Fsp3) is 1.00. The van der Waals surface area contributed by atoms with Gasteiger partial charge in [-0.2, -0.15) is 0 Å². The maximum absolute atomic E-state index is 11.7. The molecule has 9 heteroatoms. The van der Waals surface area contributed by atoms with E-state index in [4.69, 9.17) is 18.8 Å². The van der Waals surface area contributed by atoms with E-state index in [1.54, 1.807) is 0 Å². The van der Waals surface area contributed by atoms with E-state index in [-0.39, 0.29) is 25.9 Å². The molecule has 0 saturated heterocycles. The van der Waals surface area contributed by atoms with Gasteiger partial charge in [0.05, 0.1) is 25.9 Å². The van der Waals surface area contributed by atoms with Crippen molar-refractivity contribution in [2.75, 3.05) is 19.8 Å². The summed E-state index contributed by atoms with van der Waals surface area (Å²) in [6.45, 7) is 2.80. The Morgan fingerprint density at radius 1 is 0.815 bits per heavy atom. The molecule has 1 rings (SSSR count). The molecule has 8 nitrogen and oxygen atoms in total. The summed E-state index contributed by atoms with van der Waals surface area (Å²) >= 11 is 0. The molecular weight excluding hydrogens is 375 g/mol. The second-order valence-corrected chi connectivity index (χ2v) is 8.38. The van der Waals surface area contributed by atoms with Crippen LogP contribution < -0.4 is 0 Å². The zero-order valence-electron chi connectivity index (χ0n) is 16.6. The number of hydrogen-bond acceptors (Lipinski definition) is 7. The molecular formula is C18H37O8P. The molecule has 1 unspecified atom stereocenters. The molecule has 0 radical (unpaired) electrons. The monoisotopic (exact) mass is 412 g/mol. The minimum Gasteiger partial charge on any atom is -0.302 e. The maximum Gasteiger partial charge on any atom is 0.472 e. The first-order valence-corrected chi connectivity index (χ1v) is 11.9. The maximum atomic E-state index is 11.7. The Kier molecular flexibility index (Phi) is 15.6. The number of rotatable bonds is 18. The van der Waals surface area contributed by atoms with E-state index >= 15 is 0 Å². The summed E-state index contributed by atoms with van der Waals surface area (Å²) in [5.41, 5.74) is 0. The molecule has 0 aromatic heterocycles. The summed E-state index contributed by atoms with van der Waals surface area (Å²) < 4.78 is 21.6. The number of hydrogen-bond donors (Lipinski definition) is 1. The Morgan fingerprint density at radius 3 is 2.11 bits per heavy atom. The Labute approximate surface area is 163 Å². The summed E-state index contributed by atoms with van der Waals surface area (Å²) in [6.07, 6.45) is 13.2. The van der Waals surface area contributed by atoms with Gasteiger partial charge < -0.3 is 4.89 Å². The second-order valence-electron chi connectivity index (χ2n) is 6.92. The van der Waals surface area contributed by atoms with Gasteiger partial charge in [-0.05, 0) is 42.2 Å². The Bertz CT molecular complexity index is 376. The van der Waals surface area contributed by atoms with E-state index in [0.717, 1.165) is 44.9 Å². The third-order valence-electron chi connectivity index (χ3n) is 4.43. The van der Waals surface area contributed by atoms with E-state index in [1.165, 1.54) is 25.7 Å². The van der Waals surface area contributed by atoms with Crippen molar-refractivity contribution in [3.8, 4) is 0 Å². The van der Waals surface area contributed by atoms with E-state index in [1.807, 2.05) is 0 Å². The summed E-state index contributed by atoms with van der Waals surface area (Å²) in [5.74, 6) is 0. The summed E-state index contributed by atoms with van der Waals surface area (Å²) in [6, 6.07) is 0. The largest absolute Gasteiger partial charge is 0.472 e. The highest BCUT2D eigenvalue weighted by atomic mass is 31.2. The second kappa shape index (κ2) is 16.9. The van der Waals surface area contributed by atoms with Crippen molar-refractivity contribution in [2.45, 2.75) is 96.5 Å². The molecule has 162 valence electrons. The fourth-order valence-electron chi connectivity index (χ4n) is 2.83. The van der Waals surface area contributed by atoms with Gasteiger partial charge in [0.15, 0.2) is 0 Å². The van der Waals surface area contributed by atoms with E-state index in [0.29, 0.717) is 12.8 Å². The lowest BCUT2D eigenvalue weighted by molar-refractivity contribution is -0.642. The molecule has 1 N–H and O–H groups in total. The van der Waals surface area contributed by atoms with Crippen LogP contribution in [0.2, 0.25) is 0 Å². The zero-order chi connectivity index (χ0) is 19.6. The van der Waals surface area contributed by atoms with Gasteiger partial charge in [0.1, 0.15) is 0 Å². The van der Waals surface area contributed by atoms with Crippen LogP contribution in [0.4, 0.5) is 0 Å². The molecule has 0 aromatic rings. The standard InChI is InChI=1S/C18H37O8P/c1-2-3-4-5-6-10-16-22-27(19,20)23-17-12-11-15-21-25-26-24-18-13-8-7-9-14-18/h18H,2-17H2,1H3,(H,19,20). The van der Waals surface area contributed by atoms with Gasteiger partial charge in [0, 0.05) is 0 Å². The minimum absolute atomic E-state index is 0.0748. The number of phosphoric acid groups is 1. The molecule has 1 aliphatic rings. The topological polar surface area (TPSA) is 92.7 Å². The van der Waals surface area contributed by atoms with Gasteiger partial charge in [-0.1, -0.05) is 58.3 Å². The van der Waals surface area contributed by atoms with Gasteiger partial charge in [-0.15, -0.1) is 0 Å². The Balaban J connectivity index is 1.83. The molecule has 1 atom stereocenters. The predicted octanol–water partition coefficient (Wildman–Crippen LogP) is 5.40. The number of unbranched alkanes of at least 4 members (excludes halogenated alkanes) is 6. The molecule has 27 heavy (non-hydrogen) atoms. The van der Waals surface area contributed by atoms with Gasteiger partial charge in [0.2, 0.25) is 0 Å². The predicted molar refractivity (Wildman–Crippen MR) is 100 cm³/mol. The van der Waals surface area contributed by atoms with Crippen LogP contribution in [0.1, 0.15) is 90.4 Å². The highest BCUT2D eigenvalue weighted by Gasteiger charge is 2.20. The van der Waals surface area contributed by atoms with E-state index in [9.17, 15) is 9.46 Å². The van der Waals surface area contributed by atoms with Gasteiger partial charge >= 0.3 is 7.82 Å². The molecule has 0 spiro atoms. The van der Waals surface area contributed by atoms with E-state index < -0.39 is 7.82 Å². The minimum atomic E-state index is -3.95. The van der Waals surface area contributed by atoms with Crippen LogP contribution in [0, 0.1) is 0 Å². The molecule has 1 aliphatic carbocycles. The molecule has 0 amide bonds. The van der Waals surface area contributed by atoms with Gasteiger partial charge in [-0.3, -0.25) is 9.05 Å². The van der Waals surface area contributed by atoms with Crippen molar-refractivity contribution in [1.29, 1.82) is 0 Å². The first-order chi connectivity index (χ1) is 13.1. The van der Waals surface area contributed by atoms with Crippen molar-refractivity contribution in [2.24, 2.45) is 0 Å². The highest BCUT2D eigenvalue weighted by molar-refractivity contribution is 7.47. The molecule has 0 heterocycles. The van der Waals surface area contributed by atoms with Crippen LogP contribution in [-0.2, 0) is 33.5 Å². The molecule has 1 saturated carbocycles. The van der Waals surface area contributed by atoms with Crippen molar-refractivity contribution in [1.82, 2.24) is 0 Å². The summed E-state index contributed by atoms with van der Waals surface area (Å²) in [7, 11) is -3.95. The molecule has 0 bridgehead atoms. The van der Waals surface area contributed by atoms with Gasteiger partial charge in [0.25, 0.3) is 0 Å². The Hall–Kier alpha value is -0.0500. The third-order valence-corrected chi connectivity index (χ3v) is 5.45. The zero-order valence-corrected chi connectivity index (χ0v) is 17.5. The first kappa shape index (κ1) is 25.0. The van der Waals surface area contributed by atoms with Crippen LogP contribution in [0.3, 0.4) is 0 Å². The lowest BCUT2D eigenvalue weighted by atomic mass is 9.98. The van der Waals surface area contributed by atoms with Crippen molar-refractivity contribution in [3.63, 3.8) is 0 Å². The quantitative estimate of drug-likeness (QED) is 0.138. The average Bonchev–Trinajstić information content (AvgIpc) is 2.66. The van der Waals surface area contributed by atoms with Crippen LogP contribution in [0.15, 0.2) is 0 Å². The van der Waals surface area contributed by atoms with Crippen LogP contribution in [0.5, 0.6) is 0 Å². The molecule has 0 aromatic carbocycles. The highest BCUT2D eigenvalue weighted by Crippen LogP contribution is 2.43. The van der Waals surface area contributed by atoms with Gasteiger partial charge in [-0.25, -0.2) is 14.3 Å². The molecule has 0 aliphatic heterocycles. The Morgan fingerprint density at radius 2 is 1.41 bits per heavy atom. The van der Waals surface area contributed by atoms with E-state index in [2.05, 4.69) is 17.0 Å². The molecule has 1 fully saturated rings. The fourth-order valence-corrected chi connectivity index (χ4v) is 3.62. The third kappa shape index (κ3) is 15.5.